The Morgan fingerprint density at radius 2 is 0.573 bits per heavy atom. The average Bonchev–Trinajstić information content (AvgIpc) is 0.777. The second kappa shape index (κ2) is 45.8. The lowest BCUT2D eigenvalue weighted by molar-refractivity contribution is -0.385. The van der Waals surface area contributed by atoms with E-state index in [1.54, 1.807) is 44.7 Å². The molecule has 0 bridgehead atoms. The van der Waals surface area contributed by atoms with E-state index in [-0.39, 0.29) is 157 Å². The average molecular weight is 2460 g/mol. The van der Waals surface area contributed by atoms with Crippen molar-refractivity contribution >= 4 is 190 Å². The number of nitro benzene ring substituents is 1. The predicted molar refractivity (Wildman–Crippen MR) is 548 cm³/mol. The number of benzene rings is 10. The van der Waals surface area contributed by atoms with Crippen molar-refractivity contribution in [1.82, 2.24) is 21.5 Å². The van der Waals surface area contributed by atoms with Crippen LogP contribution < -0.4 is 24.5 Å². The summed E-state index contributed by atoms with van der Waals surface area (Å²) in [7, 11) is -20.7. The first-order valence-corrected chi connectivity index (χ1v) is 57.6. The van der Waals surface area contributed by atoms with Crippen LogP contribution in [0.2, 0.25) is 5.02 Å². The van der Waals surface area contributed by atoms with E-state index >= 15 is 0 Å². The molecule has 10 aliphatic heterocycles. The number of rotatable bonds is 16. The maximum Gasteiger partial charge on any atom is 0.414 e. The van der Waals surface area contributed by atoms with Gasteiger partial charge in [-0.1, -0.05) is 89.5 Å². The van der Waals surface area contributed by atoms with Crippen molar-refractivity contribution in [3.05, 3.63) is 293 Å². The zero-order valence-electron chi connectivity index (χ0n) is 80.0. The number of hydrogen-bond donors (Lipinski definition) is 0. The molecule has 0 spiro atoms. The maximum atomic E-state index is 14.2. The summed E-state index contributed by atoms with van der Waals surface area (Å²) in [4.78, 5) is 77.7. The van der Waals surface area contributed by atoms with Crippen molar-refractivity contribution in [2.45, 2.75) is 180 Å². The van der Waals surface area contributed by atoms with E-state index < -0.39 is 152 Å². The number of anilines is 5. The van der Waals surface area contributed by atoms with Crippen molar-refractivity contribution in [2.75, 3.05) is 89.9 Å². The summed E-state index contributed by atoms with van der Waals surface area (Å²) in [5, 5.41) is 11.6. The number of carbonyl (C=O) groups excluding carboxylic acids is 5. The third-order valence-electron chi connectivity index (χ3n) is 27.2. The van der Waals surface area contributed by atoms with Crippen LogP contribution in [0.1, 0.15) is 114 Å². The van der Waals surface area contributed by atoms with Crippen LogP contribution in [-0.4, -0.2) is 195 Å². The van der Waals surface area contributed by atoms with Gasteiger partial charge in [0.2, 0.25) is 50.1 Å². The number of non-ortho nitro benzene ring substituents is 1. The fraction of sp³-hybridized carbons (Fsp3) is 0.343. The van der Waals surface area contributed by atoms with E-state index in [4.69, 9.17) is 35.3 Å². The summed E-state index contributed by atoms with van der Waals surface area (Å²) < 4.78 is 273. The highest BCUT2D eigenvalue weighted by Crippen LogP contribution is 2.44. The van der Waals surface area contributed by atoms with E-state index in [2.05, 4.69) is 63.7 Å². The van der Waals surface area contributed by atoms with Gasteiger partial charge >= 0.3 is 30.5 Å². The molecule has 0 aliphatic carbocycles. The molecular formula is C99H94Br4ClF8N11O22S5. The van der Waals surface area contributed by atoms with Crippen molar-refractivity contribution < 1.29 is 130 Å². The summed E-state index contributed by atoms with van der Waals surface area (Å²) in [6.07, 6.45) is 1.29. The van der Waals surface area contributed by atoms with E-state index in [0.717, 1.165) is 115 Å². The lowest BCUT2D eigenvalue weighted by Crippen LogP contribution is -2.50. The lowest BCUT2D eigenvalue weighted by Gasteiger charge is -2.40. The highest BCUT2D eigenvalue weighted by atomic mass is 79.9. The number of cyclic esters (lactones) is 5. The Labute approximate surface area is 897 Å². The van der Waals surface area contributed by atoms with E-state index in [0.29, 0.717) is 105 Å². The van der Waals surface area contributed by atoms with Gasteiger partial charge in [-0.15, -0.1) is 0 Å². The lowest BCUT2D eigenvalue weighted by atomic mass is 10.00. The quantitative estimate of drug-likeness (QED) is 0.0285. The van der Waals surface area contributed by atoms with Gasteiger partial charge < -0.3 is 23.7 Å². The Morgan fingerprint density at radius 1 is 0.300 bits per heavy atom. The molecule has 5 amide bonds. The van der Waals surface area contributed by atoms with Crippen molar-refractivity contribution in [3.8, 4) is 0 Å². The molecular weight excluding hydrogens is 2360 g/mol. The molecule has 798 valence electrons. The summed E-state index contributed by atoms with van der Waals surface area (Å²) in [5.74, 6) is -7.52. The van der Waals surface area contributed by atoms with Crippen LogP contribution in [0.5, 0.6) is 0 Å². The molecule has 10 aromatic carbocycles. The van der Waals surface area contributed by atoms with Gasteiger partial charge in [-0.3, -0.25) is 34.6 Å². The zero-order valence-corrected chi connectivity index (χ0v) is 91.2. The first kappa shape index (κ1) is 112. The van der Waals surface area contributed by atoms with Gasteiger partial charge in [0.1, 0.15) is 99.2 Å². The standard InChI is InChI=1S/C21H23N3O6S.2C20H19BrF2N2O4S.C19H16BrClF2N2O4S.C19H17BrF2N2O4S/c1-14-3-6-19-16(11-14)13-30-21(25)23(19)17-7-9-22(10-8-17)31(28,29)20-12-18(24(26)27)5-4-15(20)2;1-12-2-3-18-13(8-12)11-29-20(26)25(18)14-4-6-24(7-5-14)30(27,28)19-10-16(22)15(21)9-17(19)23;1-12-3-2-4-13-11-29-20(26)25(19(12)13)14-5-7-24(8-6-14)30(27,28)18-10-16(22)15(21)9-17(18)23;20-14-8-16(23)18(9-15(14)22)30(27,28)24-5-3-13(4-6-24)25-17-2-1-12(21)7-11(17)10-29-19(25)26;20-14-9-16(22)18(10-15(14)21)29(26,27)23-7-5-13(6-8-23)24-17-4-2-1-3-12(17)11-28-19(24)25/h3-6,11-12,17H,7-10,13H2,1-2H3;2-3,8-10,14H,4-7,11H2,1H3;2-4,9-10,14H,5-8,11H2,1H3;1-2,7-9,13H,3-6,10H2;1-4,9-10,13H,5-8,11H2. The molecule has 5 fully saturated rings. The molecule has 0 aromatic heterocycles. The number of nitro groups is 1. The Kier molecular flexibility index (Phi) is 34.1. The second-order valence-electron chi connectivity index (χ2n) is 36.5. The fourth-order valence-electron chi connectivity index (χ4n) is 19.5. The topological polar surface area (TPSA) is 378 Å². The highest BCUT2D eigenvalue weighted by Gasteiger charge is 2.47. The van der Waals surface area contributed by atoms with Crippen LogP contribution >= 0.6 is 75.3 Å². The molecule has 5 saturated heterocycles. The molecule has 150 heavy (non-hydrogen) atoms. The number of piperidine rings is 5. The molecule has 33 nitrogen and oxygen atoms in total. The van der Waals surface area contributed by atoms with Gasteiger partial charge in [0.25, 0.3) is 5.69 Å². The molecule has 20 rings (SSSR count). The minimum absolute atomic E-state index is 0.0524. The molecule has 10 heterocycles. The van der Waals surface area contributed by atoms with Crippen molar-refractivity contribution in [1.29, 1.82) is 0 Å². The number of carbonyl (C=O) groups is 5. The van der Waals surface area contributed by atoms with Crippen LogP contribution in [-0.2, 0) is 107 Å². The van der Waals surface area contributed by atoms with E-state index in [1.165, 1.54) is 21.3 Å². The van der Waals surface area contributed by atoms with Crippen molar-refractivity contribution in [2.24, 2.45) is 0 Å². The monoisotopic (exact) mass is 2450 g/mol. The molecule has 10 aromatic rings. The molecule has 0 radical (unpaired) electrons. The minimum atomic E-state index is -4.22. The van der Waals surface area contributed by atoms with Gasteiger partial charge in [-0.25, -0.2) is 101 Å². The number of para-hydroxylation sites is 2. The van der Waals surface area contributed by atoms with Crippen LogP contribution in [0.4, 0.5) is 93.2 Å². The molecule has 0 saturated carbocycles. The summed E-state index contributed by atoms with van der Waals surface area (Å²) >= 11 is 17.4. The third kappa shape index (κ3) is 23.5. The predicted octanol–water partition coefficient (Wildman–Crippen LogP) is 20.9. The number of aryl methyl sites for hydroxylation is 4. The summed E-state index contributed by atoms with van der Waals surface area (Å²) in [6, 6.07) is 38.3. The SMILES string of the molecule is Cc1ccc2c(c1)COC(=O)N2C1CCN(S(=O)(=O)c2cc(F)c(Br)cc2F)CC1.Cc1ccc2c(c1)COC(=O)N2C1CCN(S(=O)(=O)c2cc([N+](=O)[O-])ccc2C)CC1.Cc1cccc2c1N(C1CCN(S(=O)(=O)c3cc(F)c(Br)cc3F)CC1)C(=O)OC2.O=C1OCc2cc(Cl)ccc2N1C1CCN(S(=O)(=O)c2cc(F)c(Br)cc2F)CC1.O=C1OCc2ccccc2N1C1CCN(S(=O)(=O)c2cc(F)c(Br)cc2F)CC1. The van der Waals surface area contributed by atoms with Gasteiger partial charge in [-0.2, -0.15) is 21.5 Å². The Morgan fingerprint density at radius 3 is 0.907 bits per heavy atom. The highest BCUT2D eigenvalue weighted by molar-refractivity contribution is 9.11. The van der Waals surface area contributed by atoms with Gasteiger partial charge in [-0.05, 0) is 252 Å². The Hall–Kier alpha value is -10.9. The van der Waals surface area contributed by atoms with Crippen LogP contribution in [0, 0.1) is 84.3 Å². The number of amides is 5. The minimum Gasteiger partial charge on any atom is -0.444 e. The van der Waals surface area contributed by atoms with Crippen LogP contribution in [0.15, 0.2) is 206 Å². The Bertz CT molecular complexity index is 7470. The van der Waals surface area contributed by atoms with E-state index in [1.807, 2.05) is 99.6 Å². The van der Waals surface area contributed by atoms with Crippen molar-refractivity contribution in [3.63, 3.8) is 0 Å². The van der Waals surface area contributed by atoms with Gasteiger partial charge in [0.15, 0.2) is 0 Å². The molecule has 0 unspecified atom stereocenters. The number of sulfonamides is 5. The number of nitrogens with zero attached hydrogens (tertiary/aromatic N) is 11. The zero-order chi connectivity index (χ0) is 108. The second-order valence-corrected chi connectivity index (χ2v) is 49.9. The molecule has 10 aliphatic rings. The molecule has 0 atom stereocenters. The number of ether oxygens (including phenoxy) is 5. The first-order chi connectivity index (χ1) is 71.0. The number of fused-ring (bicyclic) bond motifs is 5. The fourth-order valence-corrected chi connectivity index (χ4v) is 28.8. The first-order valence-electron chi connectivity index (χ1n) is 46.8. The smallest absolute Gasteiger partial charge is 0.414 e. The summed E-state index contributed by atoms with van der Waals surface area (Å²) in [6.45, 7) is 9.40. The number of hydrogen-bond acceptors (Lipinski definition) is 22. The van der Waals surface area contributed by atoms with Crippen LogP contribution in [0.3, 0.4) is 0 Å². The number of halogens is 13. The molecule has 0 N–H and O–H groups in total. The normalized spacial score (nSPS) is 18.2. The maximum absolute atomic E-state index is 14.2. The molecule has 51 heteroatoms. The van der Waals surface area contributed by atoms with Crippen LogP contribution in [0.25, 0.3) is 0 Å². The van der Waals surface area contributed by atoms with E-state index in [9.17, 15) is 111 Å². The largest absolute Gasteiger partial charge is 0.444 e. The summed E-state index contributed by atoms with van der Waals surface area (Å²) in [5.41, 5.74) is 11.4. The Balaban J connectivity index is 0.000000133. The third-order valence-corrected chi connectivity index (χ3v) is 39.5. The van der Waals surface area contributed by atoms with Gasteiger partial charge in [0, 0.05) is 141 Å². The van der Waals surface area contributed by atoms with Gasteiger partial charge in [0.05, 0.1) is 56.1 Å².